The van der Waals surface area contributed by atoms with Gasteiger partial charge in [-0.3, -0.25) is 9.48 Å². The number of ether oxygens (including phenoxy) is 1. The molecule has 5 heteroatoms. The van der Waals surface area contributed by atoms with Gasteiger partial charge in [-0.25, -0.2) is 0 Å². The molecular weight excluding hydrogens is 290 g/mol. The number of aryl methyl sites for hydroxylation is 2. The fourth-order valence-electron chi connectivity index (χ4n) is 2.72. The quantitative estimate of drug-likeness (QED) is 0.643. The molecule has 0 bridgehead atoms. The number of ketones is 1. The predicted octanol–water partition coefficient (Wildman–Crippen LogP) is 2.46. The number of aromatic nitrogens is 2. The zero-order valence-corrected chi connectivity index (χ0v) is 13.5. The summed E-state index contributed by atoms with van der Waals surface area (Å²) in [5.41, 5.74) is 3.61. The van der Waals surface area contributed by atoms with Crippen molar-refractivity contribution < 1.29 is 9.53 Å². The summed E-state index contributed by atoms with van der Waals surface area (Å²) in [6.45, 7) is 5.25. The first-order valence-corrected chi connectivity index (χ1v) is 7.79. The van der Waals surface area contributed by atoms with Crippen LogP contribution in [0.1, 0.15) is 21.6 Å². The van der Waals surface area contributed by atoms with E-state index in [1.54, 1.807) is 17.0 Å². The molecule has 2 aromatic rings. The highest BCUT2D eigenvalue weighted by molar-refractivity contribution is 6.07. The van der Waals surface area contributed by atoms with E-state index in [2.05, 4.69) is 22.1 Å². The molecule has 1 aromatic carbocycles. The Morgan fingerprint density at radius 1 is 1.22 bits per heavy atom. The fraction of sp³-hybridized carbons (Fsp3) is 0.333. The molecule has 0 radical (unpaired) electrons. The molecular formula is C18H21N3O2. The Hall–Kier alpha value is -2.40. The van der Waals surface area contributed by atoms with Gasteiger partial charge in [0.1, 0.15) is 0 Å². The monoisotopic (exact) mass is 311 g/mol. The minimum atomic E-state index is -0.0205. The number of benzene rings is 1. The number of morpholine rings is 1. The molecule has 0 atom stereocenters. The summed E-state index contributed by atoms with van der Waals surface area (Å²) >= 11 is 0. The van der Waals surface area contributed by atoms with E-state index >= 15 is 0 Å². The molecule has 1 fully saturated rings. The van der Waals surface area contributed by atoms with Crippen molar-refractivity contribution >= 4 is 17.5 Å². The van der Waals surface area contributed by atoms with Gasteiger partial charge in [0.25, 0.3) is 0 Å². The van der Waals surface area contributed by atoms with Crippen molar-refractivity contribution in [2.45, 2.75) is 6.92 Å². The number of nitrogens with zero attached hydrogens (tertiary/aromatic N) is 3. The van der Waals surface area contributed by atoms with Crippen molar-refractivity contribution in [1.29, 1.82) is 0 Å². The number of hydrogen-bond acceptors (Lipinski definition) is 4. The Labute approximate surface area is 136 Å². The molecule has 2 heterocycles. The van der Waals surface area contributed by atoms with Crippen LogP contribution in [0.25, 0.3) is 6.08 Å². The van der Waals surface area contributed by atoms with E-state index < -0.39 is 0 Å². The van der Waals surface area contributed by atoms with Crippen LogP contribution in [-0.4, -0.2) is 41.9 Å². The normalized spacial score (nSPS) is 15.3. The van der Waals surface area contributed by atoms with Crippen LogP contribution in [-0.2, 0) is 11.8 Å². The summed E-state index contributed by atoms with van der Waals surface area (Å²) in [7, 11) is 1.82. The molecule has 0 N–H and O–H groups in total. The average Bonchev–Trinajstić information content (AvgIpc) is 2.92. The highest BCUT2D eigenvalue weighted by Crippen LogP contribution is 2.17. The maximum Gasteiger partial charge on any atom is 0.189 e. The lowest BCUT2D eigenvalue weighted by Gasteiger charge is -2.28. The summed E-state index contributed by atoms with van der Waals surface area (Å²) in [5, 5.41) is 4.20. The Balaban J connectivity index is 1.67. The van der Waals surface area contributed by atoms with Crippen molar-refractivity contribution in [3.05, 3.63) is 53.4 Å². The zero-order chi connectivity index (χ0) is 16.2. The summed E-state index contributed by atoms with van der Waals surface area (Å²) in [6, 6.07) is 8.24. The van der Waals surface area contributed by atoms with Gasteiger partial charge in [-0.1, -0.05) is 18.2 Å². The molecule has 1 aliphatic rings. The lowest BCUT2D eigenvalue weighted by Crippen LogP contribution is -2.36. The van der Waals surface area contributed by atoms with Crippen LogP contribution in [0.3, 0.4) is 0 Å². The van der Waals surface area contributed by atoms with Gasteiger partial charge in [-0.2, -0.15) is 5.10 Å². The third-order valence-electron chi connectivity index (χ3n) is 3.98. The number of allylic oxidation sites excluding steroid dienone is 1. The smallest absolute Gasteiger partial charge is 0.189 e. The van der Waals surface area contributed by atoms with E-state index in [-0.39, 0.29) is 5.78 Å². The molecule has 5 nitrogen and oxygen atoms in total. The topological polar surface area (TPSA) is 47.4 Å². The van der Waals surface area contributed by atoms with E-state index in [1.165, 1.54) is 5.69 Å². The zero-order valence-electron chi connectivity index (χ0n) is 13.5. The van der Waals surface area contributed by atoms with Gasteiger partial charge in [-0.05, 0) is 30.7 Å². The molecule has 0 amide bonds. The lowest BCUT2D eigenvalue weighted by molar-refractivity contribution is 0.104. The summed E-state index contributed by atoms with van der Waals surface area (Å²) in [6.07, 6.45) is 5.20. The molecule has 0 aliphatic carbocycles. The van der Waals surface area contributed by atoms with Gasteiger partial charge in [0, 0.05) is 32.0 Å². The van der Waals surface area contributed by atoms with Gasteiger partial charge >= 0.3 is 0 Å². The van der Waals surface area contributed by atoms with Crippen molar-refractivity contribution in [3.63, 3.8) is 0 Å². The molecule has 3 rings (SSSR count). The van der Waals surface area contributed by atoms with Crippen LogP contribution in [0.5, 0.6) is 0 Å². The summed E-state index contributed by atoms with van der Waals surface area (Å²) in [5.74, 6) is -0.0205. The second-order valence-corrected chi connectivity index (χ2v) is 5.69. The third kappa shape index (κ3) is 3.68. The van der Waals surface area contributed by atoms with Gasteiger partial charge in [0.15, 0.2) is 5.78 Å². The van der Waals surface area contributed by atoms with Crippen molar-refractivity contribution in [3.8, 4) is 0 Å². The van der Waals surface area contributed by atoms with E-state index in [9.17, 15) is 4.79 Å². The van der Waals surface area contributed by atoms with E-state index in [4.69, 9.17) is 4.74 Å². The molecule has 1 aromatic heterocycles. The van der Waals surface area contributed by atoms with Gasteiger partial charge in [0.05, 0.1) is 24.5 Å². The predicted molar refractivity (Wildman–Crippen MR) is 90.8 cm³/mol. The second kappa shape index (κ2) is 6.79. The first kappa shape index (κ1) is 15.5. The molecule has 0 unspecified atom stereocenters. The van der Waals surface area contributed by atoms with Crippen LogP contribution in [0, 0.1) is 6.92 Å². The Kier molecular flexibility index (Phi) is 4.57. The van der Waals surface area contributed by atoms with Gasteiger partial charge < -0.3 is 9.64 Å². The molecule has 1 aliphatic heterocycles. The highest BCUT2D eigenvalue weighted by atomic mass is 16.5. The maximum absolute atomic E-state index is 12.2. The average molecular weight is 311 g/mol. The Morgan fingerprint density at radius 3 is 2.52 bits per heavy atom. The van der Waals surface area contributed by atoms with Crippen molar-refractivity contribution in [2.24, 2.45) is 7.05 Å². The van der Waals surface area contributed by atoms with Crippen LogP contribution in [0.4, 0.5) is 5.69 Å². The number of carbonyl (C=O) groups is 1. The SMILES string of the molecule is Cc1nn(C)cc1C(=O)/C=C\c1ccc(N2CCOCC2)cc1. The summed E-state index contributed by atoms with van der Waals surface area (Å²) < 4.78 is 7.03. The highest BCUT2D eigenvalue weighted by Gasteiger charge is 2.11. The maximum atomic E-state index is 12.2. The number of hydrogen-bond donors (Lipinski definition) is 0. The van der Waals surface area contributed by atoms with Crippen LogP contribution in [0.15, 0.2) is 36.5 Å². The van der Waals surface area contributed by atoms with Crippen LogP contribution >= 0.6 is 0 Å². The van der Waals surface area contributed by atoms with Crippen LogP contribution < -0.4 is 4.90 Å². The first-order valence-electron chi connectivity index (χ1n) is 7.79. The molecule has 1 saturated heterocycles. The minimum absolute atomic E-state index is 0.0205. The molecule has 120 valence electrons. The second-order valence-electron chi connectivity index (χ2n) is 5.69. The third-order valence-corrected chi connectivity index (χ3v) is 3.98. The molecule has 0 saturated carbocycles. The Morgan fingerprint density at radius 2 is 1.91 bits per heavy atom. The van der Waals surface area contributed by atoms with Gasteiger partial charge in [0.2, 0.25) is 0 Å². The number of anilines is 1. The minimum Gasteiger partial charge on any atom is -0.378 e. The standard InChI is InChI=1S/C18H21N3O2/c1-14-17(13-20(2)19-14)18(22)8-5-15-3-6-16(7-4-15)21-9-11-23-12-10-21/h3-8,13H,9-12H2,1-2H3/b8-5-. The number of carbonyl (C=O) groups excluding carboxylic acids is 1. The van der Waals surface area contributed by atoms with Crippen LogP contribution in [0.2, 0.25) is 0 Å². The Bertz CT molecular complexity index is 710. The van der Waals surface area contributed by atoms with E-state index in [1.807, 2.05) is 32.2 Å². The van der Waals surface area contributed by atoms with Crippen molar-refractivity contribution in [2.75, 3.05) is 31.2 Å². The van der Waals surface area contributed by atoms with Crippen molar-refractivity contribution in [1.82, 2.24) is 9.78 Å². The molecule has 23 heavy (non-hydrogen) atoms. The largest absolute Gasteiger partial charge is 0.378 e. The van der Waals surface area contributed by atoms with E-state index in [0.29, 0.717) is 5.56 Å². The van der Waals surface area contributed by atoms with E-state index in [0.717, 1.165) is 37.6 Å². The fourth-order valence-corrected chi connectivity index (χ4v) is 2.72. The summed E-state index contributed by atoms with van der Waals surface area (Å²) in [4.78, 5) is 14.5. The first-order chi connectivity index (χ1) is 11.1. The lowest BCUT2D eigenvalue weighted by atomic mass is 10.1. The molecule has 0 spiro atoms. The van der Waals surface area contributed by atoms with Gasteiger partial charge in [-0.15, -0.1) is 0 Å². The number of rotatable bonds is 4.